The number of ether oxygens (including phenoxy) is 1. The van der Waals surface area contributed by atoms with Crippen LogP contribution in [-0.4, -0.2) is 24.9 Å². The van der Waals surface area contributed by atoms with Gasteiger partial charge in [-0.15, -0.1) is 0 Å². The van der Waals surface area contributed by atoms with Crippen LogP contribution in [0.5, 0.6) is 0 Å². The number of halogens is 1. The van der Waals surface area contributed by atoms with E-state index in [1.807, 2.05) is 0 Å². The zero-order chi connectivity index (χ0) is 13.0. The third-order valence-corrected chi connectivity index (χ3v) is 2.83. The SMILES string of the molecule is CO[C@H](C)C(=O)Nc1ccc(Br)cc1C(C)=O. The van der Waals surface area contributed by atoms with Gasteiger partial charge in [0.1, 0.15) is 6.10 Å². The molecule has 1 aromatic carbocycles. The fraction of sp³-hybridized carbons (Fsp3) is 0.333. The minimum atomic E-state index is -0.557. The first-order chi connectivity index (χ1) is 7.95. The average Bonchev–Trinajstić information content (AvgIpc) is 2.29. The molecule has 0 bridgehead atoms. The molecule has 92 valence electrons. The van der Waals surface area contributed by atoms with Gasteiger partial charge >= 0.3 is 0 Å². The zero-order valence-corrected chi connectivity index (χ0v) is 11.5. The number of anilines is 1. The van der Waals surface area contributed by atoms with Crippen LogP contribution in [0.2, 0.25) is 0 Å². The van der Waals surface area contributed by atoms with Crippen LogP contribution in [0.15, 0.2) is 22.7 Å². The quantitative estimate of drug-likeness (QED) is 0.870. The van der Waals surface area contributed by atoms with E-state index in [9.17, 15) is 9.59 Å². The maximum Gasteiger partial charge on any atom is 0.253 e. The molecule has 5 heteroatoms. The largest absolute Gasteiger partial charge is 0.372 e. The maximum absolute atomic E-state index is 11.6. The van der Waals surface area contributed by atoms with Crippen molar-refractivity contribution in [3.8, 4) is 0 Å². The van der Waals surface area contributed by atoms with E-state index in [0.717, 1.165) is 4.47 Å². The Hall–Kier alpha value is -1.20. The van der Waals surface area contributed by atoms with Gasteiger partial charge in [-0.25, -0.2) is 0 Å². The molecule has 4 nitrogen and oxygen atoms in total. The smallest absolute Gasteiger partial charge is 0.253 e. The summed E-state index contributed by atoms with van der Waals surface area (Å²) < 4.78 is 5.69. The predicted molar refractivity (Wildman–Crippen MR) is 69.2 cm³/mol. The molecule has 0 radical (unpaired) electrons. The van der Waals surface area contributed by atoms with Gasteiger partial charge in [-0.1, -0.05) is 15.9 Å². The van der Waals surface area contributed by atoms with Gasteiger partial charge in [0.2, 0.25) is 0 Å². The van der Waals surface area contributed by atoms with Gasteiger partial charge in [0, 0.05) is 17.1 Å². The highest BCUT2D eigenvalue weighted by Crippen LogP contribution is 2.21. The lowest BCUT2D eigenvalue weighted by Crippen LogP contribution is -2.27. The van der Waals surface area contributed by atoms with E-state index in [1.54, 1.807) is 25.1 Å². The van der Waals surface area contributed by atoms with E-state index in [0.29, 0.717) is 11.3 Å². The summed E-state index contributed by atoms with van der Waals surface area (Å²) in [6.07, 6.45) is -0.557. The van der Waals surface area contributed by atoms with Gasteiger partial charge in [0.05, 0.1) is 5.69 Å². The lowest BCUT2D eigenvalue weighted by atomic mass is 10.1. The molecule has 0 aromatic heterocycles. The topological polar surface area (TPSA) is 55.4 Å². The molecule has 1 atom stereocenters. The van der Waals surface area contributed by atoms with Crippen molar-refractivity contribution in [1.29, 1.82) is 0 Å². The molecule has 17 heavy (non-hydrogen) atoms. The lowest BCUT2D eigenvalue weighted by molar-refractivity contribution is -0.124. The van der Waals surface area contributed by atoms with Gasteiger partial charge in [0.25, 0.3) is 5.91 Å². The Morgan fingerprint density at radius 3 is 2.59 bits per heavy atom. The monoisotopic (exact) mass is 299 g/mol. The Morgan fingerprint density at radius 1 is 1.41 bits per heavy atom. The summed E-state index contributed by atoms with van der Waals surface area (Å²) in [5.41, 5.74) is 0.964. The van der Waals surface area contributed by atoms with Crippen LogP contribution in [0.1, 0.15) is 24.2 Å². The number of nitrogens with one attached hydrogen (secondary N) is 1. The summed E-state index contributed by atoms with van der Waals surface area (Å²) in [5.74, 6) is -0.385. The number of rotatable bonds is 4. The normalized spacial score (nSPS) is 12.0. The van der Waals surface area contributed by atoms with Crippen molar-refractivity contribution in [3.05, 3.63) is 28.2 Å². The van der Waals surface area contributed by atoms with Gasteiger partial charge < -0.3 is 10.1 Å². The molecule has 0 aliphatic rings. The molecule has 0 spiro atoms. The van der Waals surface area contributed by atoms with Crippen molar-refractivity contribution >= 4 is 33.3 Å². The summed E-state index contributed by atoms with van der Waals surface area (Å²) in [6, 6.07) is 5.12. The maximum atomic E-state index is 11.6. The Balaban J connectivity index is 2.98. The standard InChI is InChI=1S/C12H14BrNO3/c1-7(15)10-6-9(13)4-5-11(10)14-12(16)8(2)17-3/h4-6,8H,1-3H3,(H,14,16)/t8-/m1/s1. The fourth-order valence-corrected chi connectivity index (χ4v) is 1.62. The minimum Gasteiger partial charge on any atom is -0.372 e. The van der Waals surface area contributed by atoms with Gasteiger partial charge in [-0.3, -0.25) is 9.59 Å². The van der Waals surface area contributed by atoms with E-state index < -0.39 is 6.10 Å². The highest BCUT2D eigenvalue weighted by Gasteiger charge is 2.15. The second kappa shape index (κ2) is 5.93. The van der Waals surface area contributed by atoms with Crippen LogP contribution in [0.25, 0.3) is 0 Å². The minimum absolute atomic E-state index is 0.105. The summed E-state index contributed by atoms with van der Waals surface area (Å²) in [7, 11) is 1.46. The van der Waals surface area contributed by atoms with Crippen LogP contribution < -0.4 is 5.32 Å². The van der Waals surface area contributed by atoms with Crippen LogP contribution >= 0.6 is 15.9 Å². The number of carbonyl (C=O) groups excluding carboxylic acids is 2. The lowest BCUT2D eigenvalue weighted by Gasteiger charge is -2.13. The molecule has 0 aliphatic carbocycles. The number of benzene rings is 1. The van der Waals surface area contributed by atoms with Crippen LogP contribution in [0, 0.1) is 0 Å². The molecule has 1 rings (SSSR count). The molecule has 0 aliphatic heterocycles. The molecular formula is C12H14BrNO3. The Kier molecular flexibility index (Phi) is 4.84. The predicted octanol–water partition coefficient (Wildman–Crippen LogP) is 2.63. The first kappa shape index (κ1) is 13.9. The van der Waals surface area contributed by atoms with E-state index in [1.165, 1.54) is 14.0 Å². The van der Waals surface area contributed by atoms with Crippen molar-refractivity contribution in [2.45, 2.75) is 20.0 Å². The third kappa shape index (κ3) is 3.64. The van der Waals surface area contributed by atoms with Crippen LogP contribution in [0.3, 0.4) is 0 Å². The number of carbonyl (C=O) groups is 2. The highest BCUT2D eigenvalue weighted by atomic mass is 79.9. The van der Waals surface area contributed by atoms with Gasteiger partial charge in [0.15, 0.2) is 5.78 Å². The molecule has 0 saturated heterocycles. The average molecular weight is 300 g/mol. The molecule has 0 heterocycles. The number of Topliss-reactive ketones (excluding diaryl/α,β-unsaturated/α-hetero) is 1. The first-order valence-electron chi connectivity index (χ1n) is 5.10. The molecular weight excluding hydrogens is 286 g/mol. The Bertz CT molecular complexity index is 445. The van der Waals surface area contributed by atoms with Crippen molar-refractivity contribution in [2.24, 2.45) is 0 Å². The summed E-state index contributed by atoms with van der Waals surface area (Å²) >= 11 is 3.28. The summed E-state index contributed by atoms with van der Waals surface area (Å²) in [6.45, 7) is 3.10. The van der Waals surface area contributed by atoms with Gasteiger partial charge in [-0.2, -0.15) is 0 Å². The molecule has 0 fully saturated rings. The number of ketones is 1. The molecule has 1 amide bonds. The second-order valence-electron chi connectivity index (χ2n) is 3.61. The van der Waals surface area contributed by atoms with E-state index in [4.69, 9.17) is 4.74 Å². The second-order valence-corrected chi connectivity index (χ2v) is 4.53. The van der Waals surface area contributed by atoms with Crippen LogP contribution in [0.4, 0.5) is 5.69 Å². The Morgan fingerprint density at radius 2 is 2.06 bits per heavy atom. The van der Waals surface area contributed by atoms with Crippen molar-refractivity contribution in [3.63, 3.8) is 0 Å². The number of amides is 1. The van der Waals surface area contributed by atoms with Crippen molar-refractivity contribution in [2.75, 3.05) is 12.4 Å². The van der Waals surface area contributed by atoms with Crippen molar-refractivity contribution in [1.82, 2.24) is 0 Å². The summed E-state index contributed by atoms with van der Waals surface area (Å²) in [4.78, 5) is 23.1. The fourth-order valence-electron chi connectivity index (χ4n) is 1.26. The van der Waals surface area contributed by atoms with E-state index in [2.05, 4.69) is 21.2 Å². The number of methoxy groups -OCH3 is 1. The van der Waals surface area contributed by atoms with Crippen molar-refractivity contribution < 1.29 is 14.3 Å². The van der Waals surface area contributed by atoms with Gasteiger partial charge in [-0.05, 0) is 32.0 Å². The third-order valence-electron chi connectivity index (χ3n) is 2.34. The highest BCUT2D eigenvalue weighted by molar-refractivity contribution is 9.10. The molecule has 0 unspecified atom stereocenters. The molecule has 1 aromatic rings. The van der Waals surface area contributed by atoms with Crippen LogP contribution in [-0.2, 0) is 9.53 Å². The zero-order valence-electron chi connectivity index (χ0n) is 9.91. The van der Waals surface area contributed by atoms with E-state index in [-0.39, 0.29) is 11.7 Å². The molecule has 0 saturated carbocycles. The molecule has 1 N–H and O–H groups in total. The Labute approximate surface area is 108 Å². The number of hydrogen-bond acceptors (Lipinski definition) is 3. The van der Waals surface area contributed by atoms with E-state index >= 15 is 0 Å². The number of hydrogen-bond donors (Lipinski definition) is 1. The summed E-state index contributed by atoms with van der Waals surface area (Å²) in [5, 5.41) is 2.66. The first-order valence-corrected chi connectivity index (χ1v) is 5.89.